The van der Waals surface area contributed by atoms with Gasteiger partial charge in [0.1, 0.15) is 16.5 Å². The standard InChI is InChI=1S/C18H18F2N2O3S2/c19-14-5-1-3-7-16(14)26-13-18(23)21-9-11-22(12-10-21)27(24,25)17-8-4-2-6-15(17)20/h1-8H,9-13H2. The molecule has 1 fully saturated rings. The number of thioether (sulfide) groups is 1. The third-order valence-electron chi connectivity index (χ3n) is 4.23. The molecule has 0 spiro atoms. The zero-order valence-corrected chi connectivity index (χ0v) is 16.0. The van der Waals surface area contributed by atoms with E-state index in [2.05, 4.69) is 0 Å². The molecule has 27 heavy (non-hydrogen) atoms. The number of benzene rings is 2. The predicted octanol–water partition coefficient (Wildman–Crippen LogP) is 2.59. The fraction of sp³-hybridized carbons (Fsp3) is 0.278. The highest BCUT2D eigenvalue weighted by atomic mass is 32.2. The molecule has 0 radical (unpaired) electrons. The summed E-state index contributed by atoms with van der Waals surface area (Å²) in [5.74, 6) is -1.29. The van der Waals surface area contributed by atoms with Crippen molar-refractivity contribution >= 4 is 27.7 Å². The Kier molecular flexibility index (Phi) is 6.13. The van der Waals surface area contributed by atoms with Crippen molar-refractivity contribution in [3.8, 4) is 0 Å². The van der Waals surface area contributed by atoms with E-state index in [-0.39, 0.29) is 48.6 Å². The van der Waals surface area contributed by atoms with E-state index in [0.29, 0.717) is 4.90 Å². The number of halogens is 2. The van der Waals surface area contributed by atoms with E-state index in [0.717, 1.165) is 17.8 Å². The van der Waals surface area contributed by atoms with Crippen molar-refractivity contribution in [1.29, 1.82) is 0 Å². The van der Waals surface area contributed by atoms with Crippen LogP contribution in [0.3, 0.4) is 0 Å². The highest BCUT2D eigenvalue weighted by Crippen LogP contribution is 2.23. The Morgan fingerprint density at radius 3 is 2.15 bits per heavy atom. The van der Waals surface area contributed by atoms with Crippen LogP contribution in [0.25, 0.3) is 0 Å². The molecule has 1 aliphatic heterocycles. The van der Waals surface area contributed by atoms with E-state index >= 15 is 0 Å². The van der Waals surface area contributed by atoms with Gasteiger partial charge in [0.25, 0.3) is 0 Å². The molecule has 0 aromatic heterocycles. The molecule has 0 unspecified atom stereocenters. The van der Waals surface area contributed by atoms with Crippen molar-refractivity contribution in [1.82, 2.24) is 9.21 Å². The first-order valence-electron chi connectivity index (χ1n) is 8.29. The lowest BCUT2D eigenvalue weighted by Gasteiger charge is -2.34. The Hall–Kier alpha value is -1.97. The van der Waals surface area contributed by atoms with Gasteiger partial charge >= 0.3 is 0 Å². The topological polar surface area (TPSA) is 57.7 Å². The van der Waals surface area contributed by atoms with Crippen LogP contribution in [-0.2, 0) is 14.8 Å². The van der Waals surface area contributed by atoms with Gasteiger partial charge in [0.15, 0.2) is 0 Å². The maximum Gasteiger partial charge on any atom is 0.246 e. The van der Waals surface area contributed by atoms with Crippen molar-refractivity contribution < 1.29 is 22.0 Å². The zero-order chi connectivity index (χ0) is 19.4. The molecule has 1 aliphatic rings. The number of piperazine rings is 1. The molecule has 2 aromatic rings. The highest BCUT2D eigenvalue weighted by molar-refractivity contribution is 8.00. The van der Waals surface area contributed by atoms with Gasteiger partial charge in [-0.2, -0.15) is 4.31 Å². The third kappa shape index (κ3) is 4.48. The highest BCUT2D eigenvalue weighted by Gasteiger charge is 2.31. The van der Waals surface area contributed by atoms with Crippen molar-refractivity contribution in [2.24, 2.45) is 0 Å². The number of sulfonamides is 1. The summed E-state index contributed by atoms with van der Waals surface area (Å²) in [5, 5.41) is 0. The third-order valence-corrected chi connectivity index (χ3v) is 7.20. The van der Waals surface area contributed by atoms with Crippen LogP contribution in [0.1, 0.15) is 0 Å². The number of hydrogen-bond acceptors (Lipinski definition) is 4. The Morgan fingerprint density at radius 1 is 0.926 bits per heavy atom. The van der Waals surface area contributed by atoms with Gasteiger partial charge in [0.2, 0.25) is 15.9 Å². The molecule has 9 heteroatoms. The van der Waals surface area contributed by atoms with Gasteiger partial charge in [-0.05, 0) is 24.3 Å². The van der Waals surface area contributed by atoms with E-state index in [1.165, 1.54) is 28.6 Å². The quantitative estimate of drug-likeness (QED) is 0.709. The summed E-state index contributed by atoms with van der Waals surface area (Å²) in [7, 11) is -3.94. The van der Waals surface area contributed by atoms with E-state index in [1.807, 2.05) is 0 Å². The molecule has 144 valence electrons. The largest absolute Gasteiger partial charge is 0.339 e. The average molecular weight is 412 g/mol. The molecule has 1 heterocycles. The molecule has 0 atom stereocenters. The summed E-state index contributed by atoms with van der Waals surface area (Å²) in [6.07, 6.45) is 0. The SMILES string of the molecule is O=C(CSc1ccccc1F)N1CCN(S(=O)(=O)c2ccccc2F)CC1. The number of rotatable bonds is 5. The fourth-order valence-corrected chi connectivity index (χ4v) is 5.09. The van der Waals surface area contributed by atoms with Crippen LogP contribution in [0.15, 0.2) is 58.3 Å². The molecule has 2 aromatic carbocycles. The smallest absolute Gasteiger partial charge is 0.246 e. The van der Waals surface area contributed by atoms with E-state index in [4.69, 9.17) is 0 Å². The Morgan fingerprint density at radius 2 is 1.52 bits per heavy atom. The second kappa shape index (κ2) is 8.37. The molecule has 3 rings (SSSR count). The summed E-state index contributed by atoms with van der Waals surface area (Å²) in [6, 6.07) is 11.4. The van der Waals surface area contributed by atoms with E-state index < -0.39 is 15.8 Å². The number of carbonyl (C=O) groups is 1. The number of hydrogen-bond donors (Lipinski definition) is 0. The molecule has 0 N–H and O–H groups in total. The van der Waals surface area contributed by atoms with Crippen molar-refractivity contribution in [2.45, 2.75) is 9.79 Å². The van der Waals surface area contributed by atoms with Gasteiger partial charge in [-0.3, -0.25) is 4.79 Å². The second-order valence-corrected chi connectivity index (χ2v) is 8.86. The van der Waals surface area contributed by atoms with Crippen molar-refractivity contribution in [3.05, 3.63) is 60.2 Å². The average Bonchev–Trinajstić information content (AvgIpc) is 2.67. The first kappa shape index (κ1) is 19.8. The summed E-state index contributed by atoms with van der Waals surface area (Å²) in [4.78, 5) is 13.9. The summed E-state index contributed by atoms with van der Waals surface area (Å²) in [5.41, 5.74) is 0. The van der Waals surface area contributed by atoms with E-state index in [1.54, 1.807) is 23.1 Å². The molecule has 0 bridgehead atoms. The van der Waals surface area contributed by atoms with Crippen LogP contribution in [0.2, 0.25) is 0 Å². The second-order valence-electron chi connectivity index (χ2n) is 5.93. The van der Waals surface area contributed by atoms with Crippen molar-refractivity contribution in [3.63, 3.8) is 0 Å². The lowest BCUT2D eigenvalue weighted by Crippen LogP contribution is -2.51. The minimum atomic E-state index is -3.94. The van der Waals surface area contributed by atoms with Crippen LogP contribution in [-0.4, -0.2) is 55.5 Å². The maximum atomic E-state index is 13.8. The maximum absolute atomic E-state index is 13.8. The van der Waals surface area contributed by atoms with Gasteiger partial charge in [0, 0.05) is 31.1 Å². The Labute approximate surface area is 161 Å². The van der Waals surface area contributed by atoms with Crippen LogP contribution >= 0.6 is 11.8 Å². The van der Waals surface area contributed by atoms with Gasteiger partial charge in [-0.25, -0.2) is 17.2 Å². The van der Waals surface area contributed by atoms with Crippen LogP contribution in [0, 0.1) is 11.6 Å². The molecular weight excluding hydrogens is 394 g/mol. The monoisotopic (exact) mass is 412 g/mol. The number of carbonyl (C=O) groups excluding carboxylic acids is 1. The Bertz CT molecular complexity index is 930. The molecule has 1 amide bonds. The Balaban J connectivity index is 1.58. The van der Waals surface area contributed by atoms with Gasteiger partial charge < -0.3 is 4.90 Å². The number of nitrogens with zero attached hydrogens (tertiary/aromatic N) is 2. The van der Waals surface area contributed by atoms with Crippen LogP contribution < -0.4 is 0 Å². The fourth-order valence-electron chi connectivity index (χ4n) is 2.76. The van der Waals surface area contributed by atoms with E-state index in [9.17, 15) is 22.0 Å². The van der Waals surface area contributed by atoms with Crippen LogP contribution in [0.5, 0.6) is 0 Å². The molecule has 0 saturated carbocycles. The predicted molar refractivity (Wildman–Crippen MR) is 98.9 cm³/mol. The first-order valence-corrected chi connectivity index (χ1v) is 10.7. The van der Waals surface area contributed by atoms with Crippen LogP contribution in [0.4, 0.5) is 8.78 Å². The summed E-state index contributed by atoms with van der Waals surface area (Å²) in [6.45, 7) is 0.605. The minimum absolute atomic E-state index is 0.0704. The molecule has 1 saturated heterocycles. The summed E-state index contributed by atoms with van der Waals surface area (Å²) >= 11 is 1.11. The lowest BCUT2D eigenvalue weighted by molar-refractivity contribution is -0.129. The molecule has 5 nitrogen and oxygen atoms in total. The minimum Gasteiger partial charge on any atom is -0.339 e. The summed E-state index contributed by atoms with van der Waals surface area (Å²) < 4.78 is 53.8. The number of amides is 1. The lowest BCUT2D eigenvalue weighted by atomic mass is 10.3. The normalized spacial score (nSPS) is 15.7. The van der Waals surface area contributed by atoms with Gasteiger partial charge in [-0.15, -0.1) is 11.8 Å². The van der Waals surface area contributed by atoms with Gasteiger partial charge in [-0.1, -0.05) is 24.3 Å². The zero-order valence-electron chi connectivity index (χ0n) is 14.3. The molecule has 0 aliphatic carbocycles. The van der Waals surface area contributed by atoms with Crippen molar-refractivity contribution in [2.75, 3.05) is 31.9 Å². The first-order chi connectivity index (χ1) is 12.9. The van der Waals surface area contributed by atoms with Gasteiger partial charge in [0.05, 0.1) is 5.75 Å². The molecular formula is C18H18F2N2O3S2.